The van der Waals surface area contributed by atoms with Crippen LogP contribution in [0.3, 0.4) is 0 Å². The molecule has 2 amide bonds. The highest BCUT2D eigenvalue weighted by atomic mass is 16.7. The van der Waals surface area contributed by atoms with E-state index >= 15 is 0 Å². The maximum absolute atomic E-state index is 12.5. The molecule has 0 spiro atoms. The second-order valence-electron chi connectivity index (χ2n) is 12.2. The van der Waals surface area contributed by atoms with Crippen molar-refractivity contribution in [3.63, 3.8) is 0 Å². The maximum Gasteiger partial charge on any atom is 0.347 e. The molecule has 338 valence electrons. The van der Waals surface area contributed by atoms with E-state index < -0.39 is 125 Å². The third-order valence-corrected chi connectivity index (χ3v) is 7.27. The van der Waals surface area contributed by atoms with Crippen molar-refractivity contribution in [1.29, 1.82) is 0 Å². The van der Waals surface area contributed by atoms with Crippen molar-refractivity contribution in [2.24, 2.45) is 10.3 Å². The molecule has 0 unspecified atom stereocenters. The number of carboxylic acid groups (broad SMARTS) is 3. The van der Waals surface area contributed by atoms with E-state index in [9.17, 15) is 69.3 Å². The number of carboxylic acids is 3. The Morgan fingerprint density at radius 3 is 1.20 bits per heavy atom. The van der Waals surface area contributed by atoms with Gasteiger partial charge in [-0.05, 0) is 0 Å². The van der Waals surface area contributed by atoms with E-state index in [1.165, 1.54) is 14.7 Å². The van der Waals surface area contributed by atoms with Crippen LogP contribution in [0.5, 0.6) is 0 Å². The number of amides is 2. The summed E-state index contributed by atoms with van der Waals surface area (Å²) >= 11 is 0. The molecular formula is C32H55N7O20. The summed E-state index contributed by atoms with van der Waals surface area (Å²) in [5, 5.41) is 94.6. The van der Waals surface area contributed by atoms with Crippen LogP contribution in [-0.2, 0) is 52.7 Å². The van der Waals surface area contributed by atoms with Gasteiger partial charge in [0.1, 0.15) is 25.4 Å². The number of carbonyl (C=O) groups is 7. The van der Waals surface area contributed by atoms with Crippen molar-refractivity contribution in [2.75, 3.05) is 112 Å². The second kappa shape index (κ2) is 32.8. The topological polar surface area (TPSA) is 397 Å². The number of ether oxygens (including phenoxy) is 2. The van der Waals surface area contributed by atoms with Crippen LogP contribution in [0.1, 0.15) is 12.8 Å². The van der Waals surface area contributed by atoms with Crippen molar-refractivity contribution in [3.05, 3.63) is 0 Å². The molecule has 0 aliphatic rings. The van der Waals surface area contributed by atoms with Crippen LogP contribution < -0.4 is 10.6 Å². The van der Waals surface area contributed by atoms with Gasteiger partial charge >= 0.3 is 29.8 Å². The lowest BCUT2D eigenvalue weighted by Gasteiger charge is -2.28. The first-order valence-corrected chi connectivity index (χ1v) is 17.9. The van der Waals surface area contributed by atoms with Crippen molar-refractivity contribution in [3.8, 4) is 0 Å². The van der Waals surface area contributed by atoms with E-state index in [4.69, 9.17) is 19.7 Å². The predicted octanol–water partition coefficient (Wildman–Crippen LogP) is -7.32. The summed E-state index contributed by atoms with van der Waals surface area (Å²) in [6, 6.07) is 0. The summed E-state index contributed by atoms with van der Waals surface area (Å²) in [6.07, 6.45) is -3.52. The predicted molar refractivity (Wildman–Crippen MR) is 196 cm³/mol. The molecule has 0 aromatic rings. The van der Waals surface area contributed by atoms with Crippen molar-refractivity contribution in [2.45, 2.75) is 37.3 Å². The van der Waals surface area contributed by atoms with Gasteiger partial charge in [-0.25, -0.2) is 9.59 Å². The maximum atomic E-state index is 12.5. The number of hydrogen-bond acceptors (Lipinski definition) is 22. The summed E-state index contributed by atoms with van der Waals surface area (Å²) in [7, 11) is 0. The molecule has 0 aromatic carbocycles. The Balaban J connectivity index is 4.82. The van der Waals surface area contributed by atoms with Gasteiger partial charge in [0.15, 0.2) is 0 Å². The molecule has 27 nitrogen and oxygen atoms in total. The highest BCUT2D eigenvalue weighted by Gasteiger charge is 2.20. The van der Waals surface area contributed by atoms with Gasteiger partial charge in [0.2, 0.25) is 25.0 Å². The lowest BCUT2D eigenvalue weighted by atomic mass is 10.2. The highest BCUT2D eigenvalue weighted by molar-refractivity contribution is 5.79. The fourth-order valence-electron chi connectivity index (χ4n) is 4.29. The Bertz CT molecular complexity index is 1250. The quantitative estimate of drug-likeness (QED) is 0.0121. The molecule has 0 heterocycles. The molecule has 0 saturated heterocycles. The first-order chi connectivity index (χ1) is 28.0. The molecule has 11 N–H and O–H groups in total. The van der Waals surface area contributed by atoms with Crippen LogP contribution in [0.2, 0.25) is 0 Å². The summed E-state index contributed by atoms with van der Waals surface area (Å²) < 4.78 is 9.73. The number of oxime groups is 2. The molecule has 0 fully saturated rings. The largest absolute Gasteiger partial charge is 0.480 e. The van der Waals surface area contributed by atoms with Gasteiger partial charge < -0.3 is 75.7 Å². The average molecular weight is 858 g/mol. The Kier molecular flexibility index (Phi) is 29.9. The van der Waals surface area contributed by atoms with Gasteiger partial charge in [-0.3, -0.25) is 38.7 Å². The lowest BCUT2D eigenvalue weighted by molar-refractivity contribution is -0.149. The molecule has 27 heteroatoms. The molecule has 59 heavy (non-hydrogen) atoms. The molecule has 0 aliphatic carbocycles. The van der Waals surface area contributed by atoms with E-state index in [2.05, 4.69) is 30.6 Å². The first kappa shape index (κ1) is 53.9. The van der Waals surface area contributed by atoms with Gasteiger partial charge in [-0.2, -0.15) is 0 Å². The molecule has 0 aliphatic heterocycles. The van der Waals surface area contributed by atoms with Crippen molar-refractivity contribution < 1.29 is 98.7 Å². The number of aliphatic carboxylic acids is 3. The van der Waals surface area contributed by atoms with Gasteiger partial charge in [-0.15, -0.1) is 0 Å². The summed E-state index contributed by atoms with van der Waals surface area (Å²) in [5.74, 6) is -6.87. The number of aliphatic hydroxyl groups excluding tert-OH is 6. The normalized spacial score (nSPS) is 13.6. The zero-order valence-corrected chi connectivity index (χ0v) is 32.2. The fraction of sp³-hybridized carbons (Fsp3) is 0.719. The van der Waals surface area contributed by atoms with Gasteiger partial charge in [0, 0.05) is 51.4 Å². The van der Waals surface area contributed by atoms with E-state index in [1.807, 2.05) is 0 Å². The van der Waals surface area contributed by atoms with Gasteiger partial charge in [0.25, 0.3) is 0 Å². The molecule has 0 aromatic heterocycles. The zero-order valence-electron chi connectivity index (χ0n) is 32.2. The van der Waals surface area contributed by atoms with E-state index in [1.54, 1.807) is 0 Å². The van der Waals surface area contributed by atoms with Crippen LogP contribution in [0.15, 0.2) is 10.3 Å². The van der Waals surface area contributed by atoms with E-state index in [-0.39, 0.29) is 65.3 Å². The Labute approximate surface area is 337 Å². The molecule has 4 atom stereocenters. The van der Waals surface area contributed by atoms with E-state index in [0.29, 0.717) is 0 Å². The minimum absolute atomic E-state index is 0.0871. The van der Waals surface area contributed by atoms with Crippen LogP contribution >= 0.6 is 0 Å². The number of nitrogens with zero attached hydrogens (tertiary/aromatic N) is 5. The summed E-state index contributed by atoms with van der Waals surface area (Å²) in [6.45, 7) is -6.53. The van der Waals surface area contributed by atoms with Crippen LogP contribution in [0.25, 0.3) is 0 Å². The molecule has 0 saturated carbocycles. The molecule has 0 bridgehead atoms. The minimum atomic E-state index is -1.37. The number of aliphatic hydroxyl groups is 6. The molecule has 0 rings (SSSR count). The Hall–Kier alpha value is -5.13. The SMILES string of the molecule is O=C(O)CN(CCN(CC(=O)O)CC(=O)NCCOC(=O)CO/N=C/C[C@H](O)[C@H](O)CO)CCN(CC(=O)O)CC(=O)NCCOC(=O)CO/N=C/C[C@H](O)[C@H](O)CO. The highest BCUT2D eigenvalue weighted by Crippen LogP contribution is 1.99. The monoisotopic (exact) mass is 857 g/mol. The van der Waals surface area contributed by atoms with E-state index in [0.717, 1.165) is 12.4 Å². The third kappa shape index (κ3) is 30.6. The first-order valence-electron chi connectivity index (χ1n) is 17.9. The number of nitrogens with one attached hydrogen (secondary N) is 2. The Morgan fingerprint density at radius 2 is 0.864 bits per heavy atom. The summed E-state index contributed by atoms with van der Waals surface area (Å²) in [4.78, 5) is 96.0. The standard InChI is InChI=1S/C32H55N7O20/c40-18-24(44)22(42)1-3-35-58-20-31(54)56-11-5-33-26(46)13-38(16-29(50)51)9-7-37(15-28(48)49)8-10-39(17-30(52)53)14-27(47)34-6-12-57-32(55)21-59-36-4-2-23(43)25(45)19-41/h3-4,22-25,40-45H,1-2,5-21H2,(H,33,46)(H,34,47)(H,48,49)(H,50,51)(H,52,53)/b35-3+,36-4+/t22-,23-,24+,25+/m0/s1. The number of rotatable bonds is 36. The second-order valence-corrected chi connectivity index (χ2v) is 12.2. The zero-order chi connectivity index (χ0) is 44.6. The fourth-order valence-corrected chi connectivity index (χ4v) is 4.29. The molecular weight excluding hydrogens is 802 g/mol. The smallest absolute Gasteiger partial charge is 0.347 e. The number of hydrogen-bond donors (Lipinski definition) is 11. The van der Waals surface area contributed by atoms with Gasteiger partial charge in [0.05, 0.1) is 71.2 Å². The van der Waals surface area contributed by atoms with Crippen molar-refractivity contribution in [1.82, 2.24) is 25.3 Å². The van der Waals surface area contributed by atoms with Crippen LogP contribution in [-0.4, -0.2) is 251 Å². The van der Waals surface area contributed by atoms with Crippen LogP contribution in [0.4, 0.5) is 0 Å². The van der Waals surface area contributed by atoms with Crippen LogP contribution in [0, 0.1) is 0 Å². The third-order valence-electron chi connectivity index (χ3n) is 7.27. The molecule has 0 radical (unpaired) electrons. The summed E-state index contributed by atoms with van der Waals surface area (Å²) in [5.41, 5.74) is 0. The average Bonchev–Trinajstić information content (AvgIpc) is 3.17. The van der Waals surface area contributed by atoms with Gasteiger partial charge in [-0.1, -0.05) is 10.3 Å². The lowest BCUT2D eigenvalue weighted by Crippen LogP contribution is -2.47. The minimum Gasteiger partial charge on any atom is -0.480 e. The number of esters is 2. The number of carbonyl (C=O) groups excluding carboxylic acids is 4. The van der Waals surface area contributed by atoms with Crippen molar-refractivity contribution >= 4 is 54.1 Å². The Morgan fingerprint density at radius 1 is 0.525 bits per heavy atom.